The van der Waals surface area contributed by atoms with Gasteiger partial charge < -0.3 is 20.3 Å². The van der Waals surface area contributed by atoms with E-state index in [-0.39, 0.29) is 23.8 Å². The van der Waals surface area contributed by atoms with Gasteiger partial charge in [-0.05, 0) is 82.5 Å². The molecule has 2 amide bonds. The van der Waals surface area contributed by atoms with Gasteiger partial charge in [0.2, 0.25) is 21.8 Å². The quantitative estimate of drug-likeness (QED) is 0.450. The number of hydrogen-bond acceptors (Lipinski definition) is 5. The van der Waals surface area contributed by atoms with Crippen LogP contribution in [-0.2, 0) is 24.3 Å². The maximum absolute atomic E-state index is 13.7. The summed E-state index contributed by atoms with van der Waals surface area (Å²) in [5.41, 5.74) is 0. The number of primary sulfonamides is 1. The first-order valence-electron chi connectivity index (χ1n) is 15.3. The van der Waals surface area contributed by atoms with Crippen LogP contribution in [0.5, 0.6) is 0 Å². The summed E-state index contributed by atoms with van der Waals surface area (Å²) in [5.74, 6) is 2.52. The molecule has 5 N–H and O–H groups in total. The van der Waals surface area contributed by atoms with Crippen molar-refractivity contribution in [1.29, 1.82) is 0 Å². The minimum Gasteiger partial charge on any atom is -0.365 e. The summed E-state index contributed by atoms with van der Waals surface area (Å²) < 4.78 is 29.5. The van der Waals surface area contributed by atoms with Crippen molar-refractivity contribution in [3.63, 3.8) is 0 Å². The van der Waals surface area contributed by atoms with E-state index in [4.69, 9.17) is 9.88 Å². The number of sulfonamides is 1. The number of nitrogens with zero attached hydrogens (tertiary/aromatic N) is 1. The van der Waals surface area contributed by atoms with Crippen LogP contribution in [0, 0.1) is 29.6 Å². The van der Waals surface area contributed by atoms with Crippen molar-refractivity contribution in [2.45, 2.75) is 120 Å². The van der Waals surface area contributed by atoms with Gasteiger partial charge in [-0.1, -0.05) is 12.8 Å². The number of quaternary nitrogens is 1. The highest BCUT2D eigenvalue weighted by Gasteiger charge is 2.63. The van der Waals surface area contributed by atoms with Crippen LogP contribution in [0.4, 0.5) is 0 Å². The van der Waals surface area contributed by atoms with Crippen LogP contribution in [0.1, 0.15) is 84.0 Å². The smallest absolute Gasteiger partial charge is 0.248 e. The van der Waals surface area contributed by atoms with Gasteiger partial charge in [0.1, 0.15) is 12.1 Å². The van der Waals surface area contributed by atoms with E-state index in [1.54, 1.807) is 0 Å². The van der Waals surface area contributed by atoms with Gasteiger partial charge in [-0.3, -0.25) is 9.59 Å². The molecule has 0 aromatic rings. The Kier molecular flexibility index (Phi) is 7.55. The standard InChI is InChI=1S/C28H46N4O5S/c1-16(27(33)31-15-17-6-9-19(10-7-17)38(29,35)36)37-18-8-11-24-23(14-18)21-12-13-30-25-20-4-2-3-5-22(20)28(34)32(24)26(21)25/h16-26,30H,2-15H2,1H3,(H,31,33)(H2,29,35,36)/p+1. The van der Waals surface area contributed by atoms with Crippen LogP contribution < -0.4 is 15.8 Å². The molecule has 0 spiro atoms. The number of ether oxygens (including phenoxy) is 1. The molecule has 3 heterocycles. The average Bonchev–Trinajstić information content (AvgIpc) is 3.25. The second-order valence-corrected chi connectivity index (χ2v) is 15.1. The molecule has 6 aliphatic rings. The molecule has 3 saturated heterocycles. The molecule has 9 nitrogen and oxygen atoms in total. The van der Waals surface area contributed by atoms with Crippen LogP contribution in [0.25, 0.3) is 0 Å². The first-order chi connectivity index (χ1) is 18.2. The SMILES string of the molecule is CC(OC1CCC2C(C1)C1CC[NH2+]C3C4CCCCC4C(=O)N2C13)C(=O)NCC1CCC(S(N)(=O)=O)CC1. The molecule has 3 aliphatic heterocycles. The summed E-state index contributed by atoms with van der Waals surface area (Å²) in [7, 11) is -3.47. The molecule has 0 aromatic carbocycles. The lowest BCUT2D eigenvalue weighted by Crippen LogP contribution is -2.98. The second-order valence-electron chi connectivity index (χ2n) is 13.3. The molecular weight excluding hydrogens is 504 g/mol. The minimum absolute atomic E-state index is 0.0605. The van der Waals surface area contributed by atoms with Gasteiger partial charge in [0, 0.05) is 30.8 Å². The number of amides is 2. The highest BCUT2D eigenvalue weighted by Crippen LogP contribution is 2.53. The predicted octanol–water partition coefficient (Wildman–Crippen LogP) is 0.875. The van der Waals surface area contributed by atoms with Crippen molar-refractivity contribution in [3.05, 3.63) is 0 Å². The Labute approximate surface area is 227 Å². The lowest BCUT2D eigenvalue weighted by Gasteiger charge is -2.50. The van der Waals surface area contributed by atoms with E-state index < -0.39 is 21.4 Å². The average molecular weight is 552 g/mol. The fourth-order valence-corrected chi connectivity index (χ4v) is 10.4. The third-order valence-corrected chi connectivity index (χ3v) is 12.7. The van der Waals surface area contributed by atoms with Gasteiger partial charge in [-0.25, -0.2) is 13.6 Å². The van der Waals surface area contributed by atoms with Crippen molar-refractivity contribution < 1.29 is 28.1 Å². The number of carbonyl (C=O) groups is 2. The van der Waals surface area contributed by atoms with Gasteiger partial charge in [0.15, 0.2) is 0 Å². The molecule has 6 rings (SSSR count). The molecule has 9 atom stereocenters. The molecule has 3 aliphatic carbocycles. The Morgan fingerprint density at radius 3 is 2.58 bits per heavy atom. The van der Waals surface area contributed by atoms with Gasteiger partial charge in [0.05, 0.1) is 23.9 Å². The molecule has 0 aromatic heterocycles. The van der Waals surface area contributed by atoms with Crippen molar-refractivity contribution >= 4 is 21.8 Å². The molecule has 6 fully saturated rings. The largest absolute Gasteiger partial charge is 0.365 e. The van der Waals surface area contributed by atoms with E-state index in [0.29, 0.717) is 61.2 Å². The fourth-order valence-electron chi connectivity index (χ4n) is 9.50. The third-order valence-electron chi connectivity index (χ3n) is 11.3. The summed E-state index contributed by atoms with van der Waals surface area (Å²) in [6.45, 7) is 3.57. The number of hydrogen-bond donors (Lipinski definition) is 3. The number of piperidine rings is 2. The van der Waals surface area contributed by atoms with E-state index >= 15 is 0 Å². The molecule has 0 radical (unpaired) electrons. The summed E-state index contributed by atoms with van der Waals surface area (Å²) in [5, 5.41) is 10.5. The first-order valence-corrected chi connectivity index (χ1v) is 16.9. The maximum Gasteiger partial charge on any atom is 0.248 e. The zero-order valence-corrected chi connectivity index (χ0v) is 23.6. The normalized spacial score (nSPS) is 43.5. The number of nitrogens with one attached hydrogen (secondary N) is 1. The summed E-state index contributed by atoms with van der Waals surface area (Å²) in [6.07, 6.45) is 11.0. The Morgan fingerprint density at radius 2 is 1.82 bits per heavy atom. The molecular formula is C28H47N4O5S+. The van der Waals surface area contributed by atoms with Crippen molar-refractivity contribution in [2.75, 3.05) is 13.1 Å². The lowest BCUT2D eigenvalue weighted by atomic mass is 9.66. The summed E-state index contributed by atoms with van der Waals surface area (Å²) >= 11 is 0. The van der Waals surface area contributed by atoms with Crippen LogP contribution in [0.3, 0.4) is 0 Å². The van der Waals surface area contributed by atoms with E-state index in [1.807, 2.05) is 6.92 Å². The predicted molar refractivity (Wildman–Crippen MR) is 142 cm³/mol. The highest BCUT2D eigenvalue weighted by atomic mass is 32.2. The number of rotatable bonds is 6. The van der Waals surface area contributed by atoms with Crippen molar-refractivity contribution in [3.8, 4) is 0 Å². The van der Waals surface area contributed by atoms with E-state index in [1.165, 1.54) is 32.2 Å². The molecule has 0 bridgehead atoms. The van der Waals surface area contributed by atoms with Gasteiger partial charge in [0.25, 0.3) is 0 Å². The Bertz CT molecular complexity index is 1010. The number of nitrogens with two attached hydrogens (primary N) is 2. The monoisotopic (exact) mass is 551 g/mol. The van der Waals surface area contributed by atoms with Crippen molar-refractivity contribution in [2.24, 2.45) is 34.7 Å². The van der Waals surface area contributed by atoms with E-state index in [0.717, 1.165) is 38.5 Å². The number of carbonyl (C=O) groups excluding carboxylic acids is 2. The van der Waals surface area contributed by atoms with Gasteiger partial charge >= 0.3 is 0 Å². The Hall–Kier alpha value is -1.23. The van der Waals surface area contributed by atoms with Gasteiger partial charge in [-0.15, -0.1) is 0 Å². The maximum atomic E-state index is 13.7. The third kappa shape index (κ3) is 4.92. The minimum atomic E-state index is -3.47. The molecule has 9 unspecified atom stereocenters. The summed E-state index contributed by atoms with van der Waals surface area (Å²) in [4.78, 5) is 29.0. The van der Waals surface area contributed by atoms with Crippen LogP contribution in [0.15, 0.2) is 0 Å². The van der Waals surface area contributed by atoms with E-state index in [9.17, 15) is 18.0 Å². The van der Waals surface area contributed by atoms with Crippen LogP contribution in [-0.4, -0.2) is 73.8 Å². The molecule has 10 heteroatoms. The zero-order valence-electron chi connectivity index (χ0n) is 22.8. The van der Waals surface area contributed by atoms with Crippen LogP contribution in [0.2, 0.25) is 0 Å². The highest BCUT2D eigenvalue weighted by molar-refractivity contribution is 7.89. The zero-order chi connectivity index (χ0) is 26.6. The lowest BCUT2D eigenvalue weighted by molar-refractivity contribution is -0.713. The topological polar surface area (TPSA) is 135 Å². The van der Waals surface area contributed by atoms with Crippen molar-refractivity contribution in [1.82, 2.24) is 10.2 Å². The van der Waals surface area contributed by atoms with E-state index in [2.05, 4.69) is 15.5 Å². The second kappa shape index (κ2) is 10.6. The van der Waals surface area contributed by atoms with Crippen LogP contribution >= 0.6 is 0 Å². The first kappa shape index (κ1) is 27.0. The summed E-state index contributed by atoms with van der Waals surface area (Å²) in [6, 6.07) is 1.33. The Balaban J connectivity index is 1.03. The Morgan fingerprint density at radius 1 is 1.05 bits per heavy atom. The molecule has 214 valence electrons. The number of fused-ring (bicyclic) bond motifs is 5. The fraction of sp³-hybridized carbons (Fsp3) is 0.929. The molecule has 3 saturated carbocycles. The molecule has 38 heavy (non-hydrogen) atoms. The van der Waals surface area contributed by atoms with Gasteiger partial charge in [-0.2, -0.15) is 0 Å².